The largest absolute Gasteiger partial charge is 0.478 e. The molecule has 0 aromatic heterocycles. The first-order chi connectivity index (χ1) is 8.83. The Morgan fingerprint density at radius 3 is 2.63 bits per heavy atom. The second kappa shape index (κ2) is 4.74. The lowest BCUT2D eigenvalue weighted by molar-refractivity contribution is -0.125. The number of primary amides is 1. The Hall–Kier alpha value is -1.75. The quantitative estimate of drug-likeness (QED) is 0.884. The minimum Gasteiger partial charge on any atom is -0.478 e. The molecule has 1 fully saturated rings. The number of carboxylic acid groups (broad SMARTS) is 1. The van der Waals surface area contributed by atoms with Crippen LogP contribution >= 0.6 is 11.6 Å². The maximum atomic E-state index is 11.4. The molecule has 2 rings (SSSR count). The van der Waals surface area contributed by atoms with E-state index >= 15 is 0 Å². The molecular weight excluding hydrogens is 268 g/mol. The molecule has 6 heteroatoms. The van der Waals surface area contributed by atoms with E-state index < -0.39 is 11.4 Å². The Balaban J connectivity index is 2.23. The van der Waals surface area contributed by atoms with E-state index in [9.17, 15) is 9.59 Å². The highest BCUT2D eigenvalue weighted by atomic mass is 35.5. The SMILES string of the molecule is CC1(C(N)=O)CCN(c2ccc(C(=O)O)c(Cl)c2)C1. The molecule has 0 bridgehead atoms. The molecule has 1 aliphatic rings. The van der Waals surface area contributed by atoms with E-state index in [1.54, 1.807) is 12.1 Å². The van der Waals surface area contributed by atoms with Crippen LogP contribution in [-0.2, 0) is 4.79 Å². The minimum atomic E-state index is -1.06. The molecule has 1 aromatic carbocycles. The molecule has 19 heavy (non-hydrogen) atoms. The predicted molar refractivity (Wildman–Crippen MR) is 72.5 cm³/mol. The fourth-order valence-electron chi connectivity index (χ4n) is 2.26. The zero-order chi connectivity index (χ0) is 14.2. The van der Waals surface area contributed by atoms with Crippen molar-refractivity contribution in [1.29, 1.82) is 0 Å². The summed E-state index contributed by atoms with van der Waals surface area (Å²) in [6, 6.07) is 4.78. The number of anilines is 1. The van der Waals surface area contributed by atoms with E-state index in [4.69, 9.17) is 22.4 Å². The van der Waals surface area contributed by atoms with Gasteiger partial charge in [-0.25, -0.2) is 4.79 Å². The summed E-state index contributed by atoms with van der Waals surface area (Å²) < 4.78 is 0. The third-order valence-corrected chi connectivity index (χ3v) is 3.93. The van der Waals surface area contributed by atoms with Gasteiger partial charge < -0.3 is 15.7 Å². The van der Waals surface area contributed by atoms with Crippen LogP contribution in [0.15, 0.2) is 18.2 Å². The molecule has 1 aromatic rings. The molecule has 1 heterocycles. The van der Waals surface area contributed by atoms with Gasteiger partial charge in [-0.15, -0.1) is 0 Å². The molecule has 1 atom stereocenters. The molecule has 1 aliphatic heterocycles. The number of benzene rings is 1. The molecule has 1 unspecified atom stereocenters. The third kappa shape index (κ3) is 2.51. The topological polar surface area (TPSA) is 83.6 Å². The van der Waals surface area contributed by atoms with E-state index in [0.29, 0.717) is 19.5 Å². The molecule has 5 nitrogen and oxygen atoms in total. The van der Waals surface area contributed by atoms with Gasteiger partial charge in [-0.1, -0.05) is 11.6 Å². The summed E-state index contributed by atoms with van der Waals surface area (Å²) in [6.45, 7) is 3.05. The number of carboxylic acids is 1. The van der Waals surface area contributed by atoms with Crippen LogP contribution in [0.25, 0.3) is 0 Å². The number of halogens is 1. The van der Waals surface area contributed by atoms with Crippen molar-refractivity contribution in [1.82, 2.24) is 0 Å². The van der Waals surface area contributed by atoms with Crippen molar-refractivity contribution in [2.24, 2.45) is 11.1 Å². The van der Waals surface area contributed by atoms with Crippen LogP contribution in [0.1, 0.15) is 23.7 Å². The summed E-state index contributed by atoms with van der Waals surface area (Å²) in [5.41, 5.74) is 5.73. The number of carbonyl (C=O) groups excluding carboxylic acids is 1. The number of nitrogens with two attached hydrogens (primary N) is 1. The first kappa shape index (κ1) is 13.7. The number of hydrogen-bond acceptors (Lipinski definition) is 3. The van der Waals surface area contributed by atoms with E-state index in [0.717, 1.165) is 5.69 Å². The highest BCUT2D eigenvalue weighted by molar-refractivity contribution is 6.33. The van der Waals surface area contributed by atoms with Gasteiger partial charge in [-0.3, -0.25) is 4.79 Å². The lowest BCUT2D eigenvalue weighted by Gasteiger charge is -2.22. The molecule has 0 radical (unpaired) electrons. The zero-order valence-electron chi connectivity index (χ0n) is 10.5. The maximum Gasteiger partial charge on any atom is 0.337 e. The van der Waals surface area contributed by atoms with Gasteiger partial charge in [-0.2, -0.15) is 0 Å². The number of rotatable bonds is 3. The van der Waals surface area contributed by atoms with Crippen molar-refractivity contribution in [3.05, 3.63) is 28.8 Å². The van der Waals surface area contributed by atoms with Crippen molar-refractivity contribution < 1.29 is 14.7 Å². The lowest BCUT2D eigenvalue weighted by Crippen LogP contribution is -2.37. The predicted octanol–water partition coefficient (Wildman–Crippen LogP) is 1.74. The lowest BCUT2D eigenvalue weighted by atomic mass is 9.89. The Bertz CT molecular complexity index is 547. The normalized spacial score (nSPS) is 22.5. The molecule has 0 spiro atoms. The minimum absolute atomic E-state index is 0.0716. The standard InChI is InChI=1S/C13H15ClN2O3/c1-13(12(15)19)4-5-16(7-13)8-2-3-9(11(17)18)10(14)6-8/h2-3,6H,4-5,7H2,1H3,(H2,15,19)(H,17,18). The fourth-order valence-corrected chi connectivity index (χ4v) is 2.51. The van der Waals surface area contributed by atoms with Crippen LogP contribution in [0.4, 0.5) is 5.69 Å². The summed E-state index contributed by atoms with van der Waals surface area (Å²) in [5.74, 6) is -1.37. The molecule has 0 aliphatic carbocycles. The zero-order valence-corrected chi connectivity index (χ0v) is 11.3. The third-order valence-electron chi connectivity index (χ3n) is 3.62. The van der Waals surface area contributed by atoms with Crippen molar-refractivity contribution in [2.45, 2.75) is 13.3 Å². The van der Waals surface area contributed by atoms with Crippen LogP contribution in [0.3, 0.4) is 0 Å². The van der Waals surface area contributed by atoms with Gasteiger partial charge in [0.25, 0.3) is 0 Å². The van der Waals surface area contributed by atoms with Gasteiger partial charge in [-0.05, 0) is 31.5 Å². The fraction of sp³-hybridized carbons (Fsp3) is 0.385. The number of carbonyl (C=O) groups is 2. The highest BCUT2D eigenvalue weighted by Crippen LogP contribution is 2.34. The molecule has 102 valence electrons. The van der Waals surface area contributed by atoms with Crippen LogP contribution in [0.2, 0.25) is 5.02 Å². The summed E-state index contributed by atoms with van der Waals surface area (Å²) in [6.07, 6.45) is 0.681. The second-order valence-corrected chi connectivity index (χ2v) is 5.47. The van der Waals surface area contributed by atoms with Gasteiger partial charge >= 0.3 is 5.97 Å². The number of hydrogen-bond donors (Lipinski definition) is 2. The summed E-state index contributed by atoms with van der Waals surface area (Å²) in [7, 11) is 0. The van der Waals surface area contributed by atoms with Gasteiger partial charge in [0.15, 0.2) is 0 Å². The first-order valence-corrected chi connectivity index (χ1v) is 6.29. The van der Waals surface area contributed by atoms with E-state index in [2.05, 4.69) is 0 Å². The number of nitrogens with zero attached hydrogens (tertiary/aromatic N) is 1. The maximum absolute atomic E-state index is 11.4. The average Bonchev–Trinajstić information content (AvgIpc) is 2.73. The number of aromatic carboxylic acids is 1. The van der Waals surface area contributed by atoms with Crippen LogP contribution in [0, 0.1) is 5.41 Å². The Kier molecular flexibility index (Phi) is 3.41. The smallest absolute Gasteiger partial charge is 0.337 e. The van der Waals surface area contributed by atoms with Gasteiger partial charge in [0, 0.05) is 18.8 Å². The van der Waals surface area contributed by atoms with Crippen molar-refractivity contribution in [3.8, 4) is 0 Å². The van der Waals surface area contributed by atoms with E-state index in [1.165, 1.54) is 6.07 Å². The summed E-state index contributed by atoms with van der Waals surface area (Å²) >= 11 is 5.94. The van der Waals surface area contributed by atoms with Gasteiger partial charge in [0.2, 0.25) is 5.91 Å². The van der Waals surface area contributed by atoms with Crippen LogP contribution in [-0.4, -0.2) is 30.1 Å². The highest BCUT2D eigenvalue weighted by Gasteiger charge is 2.39. The summed E-state index contributed by atoms with van der Waals surface area (Å²) in [5, 5.41) is 9.11. The van der Waals surface area contributed by atoms with Gasteiger partial charge in [0.05, 0.1) is 16.0 Å². The molecule has 0 saturated carbocycles. The Morgan fingerprint density at radius 1 is 1.47 bits per heavy atom. The Morgan fingerprint density at radius 2 is 2.16 bits per heavy atom. The molecule has 1 amide bonds. The number of amides is 1. The van der Waals surface area contributed by atoms with E-state index in [1.807, 2.05) is 11.8 Å². The summed E-state index contributed by atoms with van der Waals surface area (Å²) in [4.78, 5) is 24.3. The van der Waals surface area contributed by atoms with Crippen LogP contribution in [0.5, 0.6) is 0 Å². The monoisotopic (exact) mass is 282 g/mol. The molecule has 1 saturated heterocycles. The van der Waals surface area contributed by atoms with Crippen LogP contribution < -0.4 is 10.6 Å². The van der Waals surface area contributed by atoms with E-state index in [-0.39, 0.29) is 16.5 Å². The molecular formula is C13H15ClN2O3. The van der Waals surface area contributed by atoms with Crippen molar-refractivity contribution in [2.75, 3.05) is 18.0 Å². The van der Waals surface area contributed by atoms with Crippen molar-refractivity contribution in [3.63, 3.8) is 0 Å². The Labute approximate surface area is 116 Å². The van der Waals surface area contributed by atoms with Crippen molar-refractivity contribution >= 4 is 29.2 Å². The molecule has 3 N–H and O–H groups in total. The first-order valence-electron chi connectivity index (χ1n) is 5.91. The average molecular weight is 283 g/mol. The van der Waals surface area contributed by atoms with Gasteiger partial charge in [0.1, 0.15) is 0 Å². The second-order valence-electron chi connectivity index (χ2n) is 5.07.